The van der Waals surface area contributed by atoms with Crippen LogP contribution in [-0.4, -0.2) is 54.0 Å². The van der Waals surface area contributed by atoms with Gasteiger partial charge in [0, 0.05) is 29.0 Å². The fourth-order valence-corrected chi connectivity index (χ4v) is 3.81. The maximum atomic E-state index is 13.0. The monoisotopic (exact) mass is 473 g/mol. The van der Waals surface area contributed by atoms with Crippen molar-refractivity contribution in [2.45, 2.75) is 25.2 Å². The van der Waals surface area contributed by atoms with Crippen LogP contribution in [0.5, 0.6) is 0 Å². The first-order chi connectivity index (χ1) is 15.3. The summed E-state index contributed by atoms with van der Waals surface area (Å²) in [4.78, 5) is 39.1. The number of aliphatic hydroxyl groups is 1. The van der Waals surface area contributed by atoms with E-state index in [0.29, 0.717) is 22.5 Å². The summed E-state index contributed by atoms with van der Waals surface area (Å²) in [5, 5.41) is 23.2. The predicted molar refractivity (Wildman–Crippen MR) is 124 cm³/mol. The van der Waals surface area contributed by atoms with Crippen LogP contribution < -0.4 is 21.3 Å². The summed E-state index contributed by atoms with van der Waals surface area (Å²) in [6.45, 7) is 2.22. The molecule has 2 aromatic carbocycles. The van der Waals surface area contributed by atoms with Gasteiger partial charge in [-0.2, -0.15) is 0 Å². The molecule has 174 valence electrons. The highest BCUT2D eigenvalue weighted by molar-refractivity contribution is 6.05. The minimum atomic E-state index is -1.74. The van der Waals surface area contributed by atoms with E-state index in [1.54, 1.807) is 30.3 Å². The molecule has 3 amide bonds. The molecular weight excluding hydrogens is 450 g/mol. The molecule has 11 heteroatoms. The van der Waals surface area contributed by atoms with Crippen LogP contribution >= 0.6 is 12.4 Å². The summed E-state index contributed by atoms with van der Waals surface area (Å²) < 4.78 is 5.42. The smallest absolute Gasteiger partial charge is 0.259 e. The molecule has 3 atom stereocenters. The van der Waals surface area contributed by atoms with Gasteiger partial charge in [-0.25, -0.2) is 0 Å². The highest BCUT2D eigenvalue weighted by Crippen LogP contribution is 2.30. The normalized spacial score (nSPS) is 20.4. The molecular formula is C22H24ClN5O5. The SMILES string of the molecule is C[C@H]1NC(=O)c2cc(N3CCO[C@H](C(O)C(=O)Nc4ccc(C(=N)N)cc4)C3=O)ccc21.Cl. The Hall–Kier alpha value is -3.47. The first kappa shape index (κ1) is 24.2. The van der Waals surface area contributed by atoms with Gasteiger partial charge in [0.25, 0.3) is 17.7 Å². The Kier molecular flexibility index (Phi) is 7.01. The number of nitrogens with zero attached hydrogens (tertiary/aromatic N) is 1. The van der Waals surface area contributed by atoms with Crippen LogP contribution in [0.3, 0.4) is 0 Å². The Labute approximate surface area is 196 Å². The lowest BCUT2D eigenvalue weighted by molar-refractivity contribution is -0.150. The number of halogens is 1. The molecule has 0 aromatic heterocycles. The van der Waals surface area contributed by atoms with E-state index in [4.69, 9.17) is 15.9 Å². The van der Waals surface area contributed by atoms with E-state index in [-0.39, 0.29) is 43.3 Å². The minimum Gasteiger partial charge on any atom is -0.384 e. The summed E-state index contributed by atoms with van der Waals surface area (Å²) in [7, 11) is 0. The maximum Gasteiger partial charge on any atom is 0.259 e. The molecule has 1 saturated heterocycles. The van der Waals surface area contributed by atoms with Crippen molar-refractivity contribution in [3.05, 3.63) is 59.2 Å². The highest BCUT2D eigenvalue weighted by atomic mass is 35.5. The number of carbonyl (C=O) groups excluding carboxylic acids is 3. The van der Waals surface area contributed by atoms with Crippen LogP contribution in [0.25, 0.3) is 0 Å². The quantitative estimate of drug-likeness (QED) is 0.321. The number of anilines is 2. The predicted octanol–water partition coefficient (Wildman–Crippen LogP) is 0.928. The van der Waals surface area contributed by atoms with Crippen molar-refractivity contribution < 1.29 is 24.2 Å². The average Bonchev–Trinajstić information content (AvgIpc) is 3.06. The third-order valence-electron chi connectivity index (χ3n) is 5.55. The van der Waals surface area contributed by atoms with Crippen molar-refractivity contribution in [1.82, 2.24) is 5.32 Å². The van der Waals surface area contributed by atoms with Gasteiger partial charge < -0.3 is 31.1 Å². The number of nitrogen functional groups attached to an aromatic ring is 1. The number of nitrogens with one attached hydrogen (secondary N) is 3. The molecule has 4 rings (SSSR count). The summed E-state index contributed by atoms with van der Waals surface area (Å²) in [5.74, 6) is -1.69. The summed E-state index contributed by atoms with van der Waals surface area (Å²) in [6.07, 6.45) is -3.13. The fraction of sp³-hybridized carbons (Fsp3) is 0.273. The van der Waals surface area contributed by atoms with Crippen molar-refractivity contribution >= 4 is 47.3 Å². The number of morpholine rings is 1. The summed E-state index contributed by atoms with van der Waals surface area (Å²) in [5.41, 5.74) is 8.12. The molecule has 0 spiro atoms. The highest BCUT2D eigenvalue weighted by Gasteiger charge is 2.40. The number of ether oxygens (including phenoxy) is 1. The van der Waals surface area contributed by atoms with E-state index in [1.165, 1.54) is 17.0 Å². The molecule has 0 saturated carbocycles. The van der Waals surface area contributed by atoms with Crippen LogP contribution in [0, 0.1) is 5.41 Å². The van der Waals surface area contributed by atoms with Crippen molar-refractivity contribution in [3.63, 3.8) is 0 Å². The molecule has 6 N–H and O–H groups in total. The lowest BCUT2D eigenvalue weighted by Crippen LogP contribution is -2.55. The van der Waals surface area contributed by atoms with Gasteiger partial charge >= 0.3 is 0 Å². The first-order valence-electron chi connectivity index (χ1n) is 10.1. The number of rotatable bonds is 5. The second-order valence-corrected chi connectivity index (χ2v) is 7.67. The van der Waals surface area contributed by atoms with Gasteiger partial charge in [0.05, 0.1) is 12.6 Å². The Morgan fingerprint density at radius 3 is 2.64 bits per heavy atom. The fourth-order valence-electron chi connectivity index (χ4n) is 3.81. The average molecular weight is 474 g/mol. The molecule has 33 heavy (non-hydrogen) atoms. The largest absolute Gasteiger partial charge is 0.384 e. The number of aliphatic hydroxyl groups excluding tert-OH is 1. The first-order valence-corrected chi connectivity index (χ1v) is 10.1. The van der Waals surface area contributed by atoms with Crippen LogP contribution in [0.1, 0.15) is 34.5 Å². The van der Waals surface area contributed by atoms with Gasteiger partial charge in [-0.15, -0.1) is 12.4 Å². The van der Waals surface area contributed by atoms with E-state index in [1.807, 2.05) is 6.92 Å². The summed E-state index contributed by atoms with van der Waals surface area (Å²) in [6, 6.07) is 11.2. The van der Waals surface area contributed by atoms with Crippen LogP contribution in [0.2, 0.25) is 0 Å². The molecule has 0 radical (unpaired) electrons. The number of amides is 3. The van der Waals surface area contributed by atoms with Crippen LogP contribution in [-0.2, 0) is 14.3 Å². The Morgan fingerprint density at radius 2 is 1.97 bits per heavy atom. The van der Waals surface area contributed by atoms with Gasteiger partial charge in [0.2, 0.25) is 0 Å². The number of nitrogens with two attached hydrogens (primary N) is 1. The van der Waals surface area contributed by atoms with E-state index in [9.17, 15) is 19.5 Å². The zero-order valence-corrected chi connectivity index (χ0v) is 18.5. The van der Waals surface area contributed by atoms with Gasteiger partial charge in [-0.1, -0.05) is 6.07 Å². The minimum absolute atomic E-state index is 0. The lowest BCUT2D eigenvalue weighted by Gasteiger charge is -2.34. The van der Waals surface area contributed by atoms with E-state index >= 15 is 0 Å². The lowest BCUT2D eigenvalue weighted by atomic mass is 10.0. The standard InChI is InChI=1S/C22H23N5O5.ClH/c1-11-15-7-6-14(10-16(15)20(29)25-11)27-8-9-32-18(22(27)31)17(28)21(30)26-13-4-2-12(3-5-13)19(23)24;/h2-7,10-11,17-18,28H,8-9H2,1H3,(H3,23,24)(H,25,29)(H,26,30);1H/t11-,17?,18-;/m1./s1. The maximum absolute atomic E-state index is 13.0. The number of carbonyl (C=O) groups is 3. The summed E-state index contributed by atoms with van der Waals surface area (Å²) >= 11 is 0. The molecule has 0 aliphatic carbocycles. The Bertz CT molecular complexity index is 1110. The molecule has 2 aliphatic rings. The van der Waals surface area contributed by atoms with Gasteiger partial charge in [-0.3, -0.25) is 19.8 Å². The molecule has 10 nitrogen and oxygen atoms in total. The third-order valence-corrected chi connectivity index (χ3v) is 5.55. The molecule has 2 aromatic rings. The van der Waals surface area contributed by atoms with Gasteiger partial charge in [0.15, 0.2) is 12.2 Å². The van der Waals surface area contributed by atoms with Crippen molar-refractivity contribution in [3.8, 4) is 0 Å². The number of fused-ring (bicyclic) bond motifs is 1. The van der Waals surface area contributed by atoms with Gasteiger partial charge in [-0.05, 0) is 48.9 Å². The van der Waals surface area contributed by atoms with Crippen molar-refractivity contribution in [2.24, 2.45) is 5.73 Å². The van der Waals surface area contributed by atoms with Crippen molar-refractivity contribution in [2.75, 3.05) is 23.4 Å². The second kappa shape index (κ2) is 9.57. The zero-order chi connectivity index (χ0) is 23.0. The molecule has 1 unspecified atom stereocenters. The zero-order valence-electron chi connectivity index (χ0n) is 17.7. The second-order valence-electron chi connectivity index (χ2n) is 7.67. The topological polar surface area (TPSA) is 158 Å². The van der Waals surface area contributed by atoms with E-state index < -0.39 is 24.0 Å². The van der Waals surface area contributed by atoms with Crippen LogP contribution in [0.4, 0.5) is 11.4 Å². The van der Waals surface area contributed by atoms with E-state index in [0.717, 1.165) is 5.56 Å². The number of benzene rings is 2. The molecule has 2 aliphatic heterocycles. The molecule has 0 bridgehead atoms. The molecule has 2 heterocycles. The van der Waals surface area contributed by atoms with Crippen molar-refractivity contribution in [1.29, 1.82) is 5.41 Å². The Morgan fingerprint density at radius 1 is 1.27 bits per heavy atom. The third kappa shape index (κ3) is 4.68. The number of hydrogen-bond donors (Lipinski definition) is 5. The molecule has 1 fully saturated rings. The number of hydrogen-bond acceptors (Lipinski definition) is 6. The Balaban J connectivity index is 0.00000306. The van der Waals surface area contributed by atoms with Gasteiger partial charge in [0.1, 0.15) is 5.84 Å². The van der Waals surface area contributed by atoms with Crippen LogP contribution in [0.15, 0.2) is 42.5 Å². The van der Waals surface area contributed by atoms with E-state index in [2.05, 4.69) is 10.6 Å². The number of amidine groups is 1.